The smallest absolute Gasteiger partial charge is 0.315 e. The van der Waals surface area contributed by atoms with Crippen molar-refractivity contribution >= 4 is 12.0 Å². The normalized spacial score (nSPS) is 24.1. The van der Waals surface area contributed by atoms with Crippen LogP contribution in [0.3, 0.4) is 0 Å². The summed E-state index contributed by atoms with van der Waals surface area (Å²) >= 11 is 0. The van der Waals surface area contributed by atoms with E-state index in [1.165, 1.54) is 12.8 Å². The molecule has 3 N–H and O–H groups in total. The lowest BCUT2D eigenvalue weighted by atomic mass is 9.87. The van der Waals surface area contributed by atoms with Gasteiger partial charge in [0.1, 0.15) is 0 Å². The van der Waals surface area contributed by atoms with E-state index in [0.29, 0.717) is 13.0 Å². The average molecular weight is 242 g/mol. The Labute approximate surface area is 102 Å². The van der Waals surface area contributed by atoms with Gasteiger partial charge in [0.05, 0.1) is 0 Å². The van der Waals surface area contributed by atoms with E-state index in [-0.39, 0.29) is 18.5 Å². The molecule has 0 spiro atoms. The van der Waals surface area contributed by atoms with Crippen LogP contribution in [-0.2, 0) is 4.79 Å². The summed E-state index contributed by atoms with van der Waals surface area (Å²) in [6, 6.07) is 0.112. The molecule has 1 saturated carbocycles. The number of carbonyl (C=O) groups is 2. The largest absolute Gasteiger partial charge is 0.481 e. The standard InChI is InChI=1S/C12H22N2O3/c1-9-4-6-10(7-5-9)14-12(17)13-8-2-3-11(15)16/h9-10H,2-8H2,1H3,(H,15,16)(H2,13,14,17). The second-order valence-corrected chi connectivity index (χ2v) is 4.85. The predicted molar refractivity (Wildman–Crippen MR) is 64.8 cm³/mol. The molecule has 0 saturated heterocycles. The Morgan fingerprint density at radius 2 is 1.88 bits per heavy atom. The maximum absolute atomic E-state index is 11.5. The van der Waals surface area contributed by atoms with Crippen LogP contribution in [0.2, 0.25) is 0 Å². The van der Waals surface area contributed by atoms with Gasteiger partial charge in [-0.1, -0.05) is 6.92 Å². The van der Waals surface area contributed by atoms with Gasteiger partial charge in [-0.25, -0.2) is 4.79 Å². The van der Waals surface area contributed by atoms with Crippen molar-refractivity contribution in [1.29, 1.82) is 0 Å². The van der Waals surface area contributed by atoms with Crippen LogP contribution >= 0.6 is 0 Å². The summed E-state index contributed by atoms with van der Waals surface area (Å²) in [6.45, 7) is 2.66. The highest BCUT2D eigenvalue weighted by molar-refractivity contribution is 5.74. The maximum Gasteiger partial charge on any atom is 0.315 e. The molecule has 0 radical (unpaired) electrons. The highest BCUT2D eigenvalue weighted by Crippen LogP contribution is 2.23. The second kappa shape index (κ2) is 7.14. The predicted octanol–water partition coefficient (Wildman–Crippen LogP) is 1.73. The summed E-state index contributed by atoms with van der Waals surface area (Å²) in [5.74, 6) is -0.0554. The quantitative estimate of drug-likeness (QED) is 0.642. The van der Waals surface area contributed by atoms with Crippen LogP contribution in [0.25, 0.3) is 0 Å². The monoisotopic (exact) mass is 242 g/mol. The van der Waals surface area contributed by atoms with Gasteiger partial charge in [0.15, 0.2) is 0 Å². The first kappa shape index (κ1) is 13.8. The molecule has 5 heteroatoms. The van der Waals surface area contributed by atoms with Crippen LogP contribution in [0.4, 0.5) is 4.79 Å². The molecule has 1 aliphatic carbocycles. The topological polar surface area (TPSA) is 78.4 Å². The van der Waals surface area contributed by atoms with E-state index >= 15 is 0 Å². The van der Waals surface area contributed by atoms with E-state index in [0.717, 1.165) is 18.8 Å². The van der Waals surface area contributed by atoms with Gasteiger partial charge in [-0.15, -0.1) is 0 Å². The molecular formula is C12H22N2O3. The zero-order chi connectivity index (χ0) is 12.7. The van der Waals surface area contributed by atoms with Crippen LogP contribution in [0, 0.1) is 5.92 Å². The average Bonchev–Trinajstić information content (AvgIpc) is 2.27. The summed E-state index contributed by atoms with van der Waals surface area (Å²) in [5, 5.41) is 14.0. The number of rotatable bonds is 5. The van der Waals surface area contributed by atoms with Crippen LogP contribution in [0.1, 0.15) is 45.4 Å². The molecule has 0 aromatic heterocycles. The number of carbonyl (C=O) groups excluding carboxylic acids is 1. The molecule has 98 valence electrons. The SMILES string of the molecule is CC1CCC(NC(=O)NCCCC(=O)O)CC1. The van der Waals surface area contributed by atoms with Crippen molar-refractivity contribution in [2.24, 2.45) is 5.92 Å². The second-order valence-electron chi connectivity index (χ2n) is 4.85. The Morgan fingerprint density at radius 3 is 2.47 bits per heavy atom. The lowest BCUT2D eigenvalue weighted by Gasteiger charge is -2.26. The number of aliphatic carboxylic acids is 1. The van der Waals surface area contributed by atoms with E-state index in [1.807, 2.05) is 0 Å². The summed E-state index contributed by atoms with van der Waals surface area (Å²) in [7, 11) is 0. The third-order valence-corrected chi connectivity index (χ3v) is 3.20. The zero-order valence-corrected chi connectivity index (χ0v) is 10.4. The molecule has 0 aliphatic heterocycles. The van der Waals surface area contributed by atoms with E-state index in [9.17, 15) is 9.59 Å². The van der Waals surface area contributed by atoms with E-state index in [1.54, 1.807) is 0 Å². The van der Waals surface area contributed by atoms with Gasteiger partial charge in [0.2, 0.25) is 0 Å². The van der Waals surface area contributed by atoms with Gasteiger partial charge >= 0.3 is 12.0 Å². The minimum absolute atomic E-state index is 0.0984. The Hall–Kier alpha value is -1.26. The molecule has 0 heterocycles. The van der Waals surface area contributed by atoms with Gasteiger partial charge in [-0.2, -0.15) is 0 Å². The molecule has 5 nitrogen and oxygen atoms in total. The summed E-state index contributed by atoms with van der Waals surface area (Å²) < 4.78 is 0. The van der Waals surface area contributed by atoms with Gasteiger partial charge in [0.25, 0.3) is 0 Å². The molecule has 0 bridgehead atoms. The van der Waals surface area contributed by atoms with Crippen LogP contribution < -0.4 is 10.6 Å². The Balaban J connectivity index is 2.06. The number of hydrogen-bond acceptors (Lipinski definition) is 2. The van der Waals surface area contributed by atoms with Crippen LogP contribution in [-0.4, -0.2) is 29.7 Å². The maximum atomic E-state index is 11.5. The third-order valence-electron chi connectivity index (χ3n) is 3.20. The first-order chi connectivity index (χ1) is 8.08. The molecule has 1 rings (SSSR count). The van der Waals surface area contributed by atoms with Crippen molar-refractivity contribution in [1.82, 2.24) is 10.6 Å². The van der Waals surface area contributed by atoms with Crippen molar-refractivity contribution in [2.45, 2.75) is 51.5 Å². The lowest BCUT2D eigenvalue weighted by molar-refractivity contribution is -0.137. The van der Waals surface area contributed by atoms with Crippen molar-refractivity contribution in [3.63, 3.8) is 0 Å². The summed E-state index contributed by atoms with van der Waals surface area (Å²) in [5.41, 5.74) is 0. The Morgan fingerprint density at radius 1 is 1.24 bits per heavy atom. The highest BCUT2D eigenvalue weighted by atomic mass is 16.4. The molecule has 0 unspecified atom stereocenters. The fourth-order valence-corrected chi connectivity index (χ4v) is 2.08. The first-order valence-electron chi connectivity index (χ1n) is 6.34. The molecule has 1 fully saturated rings. The minimum Gasteiger partial charge on any atom is -0.481 e. The van der Waals surface area contributed by atoms with Gasteiger partial charge in [0, 0.05) is 19.0 Å². The Bertz CT molecular complexity index is 260. The van der Waals surface area contributed by atoms with Gasteiger partial charge in [-0.05, 0) is 38.0 Å². The molecule has 0 aromatic carbocycles. The molecular weight excluding hydrogens is 220 g/mol. The van der Waals surface area contributed by atoms with E-state index in [2.05, 4.69) is 17.6 Å². The third kappa shape index (κ3) is 6.14. The number of carboxylic acids is 1. The van der Waals surface area contributed by atoms with E-state index < -0.39 is 5.97 Å². The number of urea groups is 1. The molecule has 2 amide bonds. The first-order valence-corrected chi connectivity index (χ1v) is 6.34. The molecule has 0 aromatic rings. The highest BCUT2D eigenvalue weighted by Gasteiger charge is 2.19. The van der Waals surface area contributed by atoms with Crippen molar-refractivity contribution in [3.8, 4) is 0 Å². The van der Waals surface area contributed by atoms with Gasteiger partial charge in [-0.3, -0.25) is 4.79 Å². The fourth-order valence-electron chi connectivity index (χ4n) is 2.08. The fraction of sp³-hybridized carbons (Fsp3) is 0.833. The van der Waals surface area contributed by atoms with Crippen molar-refractivity contribution in [3.05, 3.63) is 0 Å². The molecule has 0 atom stereocenters. The number of amides is 2. The van der Waals surface area contributed by atoms with Crippen molar-refractivity contribution < 1.29 is 14.7 Å². The van der Waals surface area contributed by atoms with Crippen molar-refractivity contribution in [2.75, 3.05) is 6.54 Å². The Kier molecular flexibility index (Phi) is 5.80. The number of carboxylic acid groups (broad SMARTS) is 1. The lowest BCUT2D eigenvalue weighted by Crippen LogP contribution is -2.43. The van der Waals surface area contributed by atoms with Crippen LogP contribution in [0.15, 0.2) is 0 Å². The molecule has 1 aliphatic rings. The summed E-state index contributed by atoms with van der Waals surface area (Å²) in [4.78, 5) is 21.7. The minimum atomic E-state index is -0.825. The van der Waals surface area contributed by atoms with Gasteiger partial charge < -0.3 is 15.7 Å². The number of nitrogens with one attached hydrogen (secondary N) is 2. The van der Waals surface area contributed by atoms with E-state index in [4.69, 9.17) is 5.11 Å². The summed E-state index contributed by atoms with van der Waals surface area (Å²) in [6.07, 6.45) is 5.01. The van der Waals surface area contributed by atoms with Crippen LogP contribution in [0.5, 0.6) is 0 Å². The molecule has 17 heavy (non-hydrogen) atoms. The number of hydrogen-bond donors (Lipinski definition) is 3. The zero-order valence-electron chi connectivity index (χ0n) is 10.4.